The molecule has 234 valence electrons. The largest absolute Gasteiger partial charge is 0.308 e. The number of benzene rings is 6. The van der Waals surface area contributed by atoms with Gasteiger partial charge in [0.1, 0.15) is 0 Å². The highest BCUT2D eigenvalue weighted by atomic mass is 15.2. The highest BCUT2D eigenvalue weighted by Crippen LogP contribution is 2.38. The molecule has 6 aromatic carbocycles. The third-order valence-electron chi connectivity index (χ3n) is 9.48. The van der Waals surface area contributed by atoms with E-state index in [1.54, 1.807) is 0 Å². The van der Waals surface area contributed by atoms with Gasteiger partial charge >= 0.3 is 0 Å². The van der Waals surface area contributed by atoms with Crippen LogP contribution in [0.2, 0.25) is 0 Å². The maximum absolute atomic E-state index is 5.08. The van der Waals surface area contributed by atoms with E-state index in [4.69, 9.17) is 15.0 Å². The molecule has 50 heavy (non-hydrogen) atoms. The van der Waals surface area contributed by atoms with Crippen LogP contribution in [0, 0.1) is 0 Å². The predicted octanol–water partition coefficient (Wildman–Crippen LogP) is 10.5. The van der Waals surface area contributed by atoms with E-state index in [-0.39, 0.29) is 0 Å². The van der Waals surface area contributed by atoms with Crippen LogP contribution in [0.15, 0.2) is 170 Å². The van der Waals surface area contributed by atoms with Gasteiger partial charge in [-0.1, -0.05) is 115 Å². The van der Waals surface area contributed by atoms with E-state index in [2.05, 4.69) is 111 Å². The van der Waals surface area contributed by atoms with Crippen LogP contribution in [0.25, 0.3) is 89.2 Å². The Morgan fingerprint density at radius 2 is 0.940 bits per heavy atom. The van der Waals surface area contributed by atoms with Crippen molar-refractivity contribution in [2.45, 2.75) is 0 Å². The van der Waals surface area contributed by atoms with E-state index in [1.807, 2.05) is 73.1 Å². The standard InChI is InChI=1S/C44H28N6/c1-4-12-29(13-5-1)42-46-43(30-14-6-2-7-15-30)48-44(47-42)50-38-19-11-10-18-34(38)37-26-31(21-23-39(37)50)32-20-22-35-36-24-25-45-28-41(36)49(40(35)27-32)33-16-8-3-9-17-33/h1-28H. The molecule has 6 heteroatoms. The number of hydrogen-bond acceptors (Lipinski definition) is 4. The summed E-state index contributed by atoms with van der Waals surface area (Å²) in [4.78, 5) is 19.6. The predicted molar refractivity (Wildman–Crippen MR) is 203 cm³/mol. The van der Waals surface area contributed by atoms with Crippen molar-refractivity contribution in [2.24, 2.45) is 0 Å². The first-order valence-corrected chi connectivity index (χ1v) is 16.6. The van der Waals surface area contributed by atoms with Crippen molar-refractivity contribution in [3.05, 3.63) is 170 Å². The molecule has 0 N–H and O–H groups in total. The van der Waals surface area contributed by atoms with Gasteiger partial charge in [0.25, 0.3) is 0 Å². The van der Waals surface area contributed by atoms with Crippen molar-refractivity contribution in [1.82, 2.24) is 29.1 Å². The molecule has 0 radical (unpaired) electrons. The van der Waals surface area contributed by atoms with E-state index in [0.29, 0.717) is 17.6 Å². The molecule has 0 spiro atoms. The molecule has 0 atom stereocenters. The van der Waals surface area contributed by atoms with Gasteiger partial charge in [-0.25, -0.2) is 4.98 Å². The quantitative estimate of drug-likeness (QED) is 0.188. The molecule has 6 nitrogen and oxygen atoms in total. The van der Waals surface area contributed by atoms with Crippen LogP contribution in [0.5, 0.6) is 0 Å². The molecule has 0 aliphatic rings. The SMILES string of the molecule is c1ccc(-c2nc(-c3ccccc3)nc(-n3c4ccccc4c4cc(-c5ccc6c7ccncc7n(-c7ccccc7)c6c5)ccc43)n2)cc1. The maximum Gasteiger partial charge on any atom is 0.238 e. The third kappa shape index (κ3) is 4.50. The highest BCUT2D eigenvalue weighted by molar-refractivity contribution is 6.12. The van der Waals surface area contributed by atoms with Gasteiger partial charge in [-0.2, -0.15) is 9.97 Å². The lowest BCUT2D eigenvalue weighted by Gasteiger charge is -2.11. The van der Waals surface area contributed by atoms with E-state index in [9.17, 15) is 0 Å². The topological polar surface area (TPSA) is 61.4 Å². The van der Waals surface area contributed by atoms with Gasteiger partial charge in [-0.15, -0.1) is 0 Å². The van der Waals surface area contributed by atoms with Crippen LogP contribution < -0.4 is 0 Å². The number of rotatable bonds is 5. The van der Waals surface area contributed by atoms with Crippen LogP contribution in [-0.2, 0) is 0 Å². The smallest absolute Gasteiger partial charge is 0.238 e. The molecule has 0 fully saturated rings. The Bertz CT molecular complexity index is 2800. The summed E-state index contributed by atoms with van der Waals surface area (Å²) in [6, 6.07) is 54.7. The summed E-state index contributed by atoms with van der Waals surface area (Å²) in [5, 5.41) is 4.66. The summed E-state index contributed by atoms with van der Waals surface area (Å²) < 4.78 is 4.47. The zero-order valence-electron chi connectivity index (χ0n) is 26.8. The van der Waals surface area contributed by atoms with Gasteiger partial charge in [0.05, 0.1) is 28.3 Å². The van der Waals surface area contributed by atoms with Gasteiger partial charge in [-0.05, 0) is 53.6 Å². The highest BCUT2D eigenvalue weighted by Gasteiger charge is 2.19. The van der Waals surface area contributed by atoms with E-state index in [0.717, 1.165) is 60.8 Å². The van der Waals surface area contributed by atoms with E-state index in [1.165, 1.54) is 10.8 Å². The normalized spacial score (nSPS) is 11.6. The Kier molecular flexibility index (Phi) is 6.39. The molecule has 0 bridgehead atoms. The fraction of sp³-hybridized carbons (Fsp3) is 0. The maximum atomic E-state index is 5.08. The second kappa shape index (κ2) is 11.4. The van der Waals surface area contributed by atoms with Crippen molar-refractivity contribution in [1.29, 1.82) is 0 Å². The zero-order valence-corrected chi connectivity index (χ0v) is 26.8. The lowest BCUT2D eigenvalue weighted by molar-refractivity contribution is 0.953. The van der Waals surface area contributed by atoms with Gasteiger partial charge in [0, 0.05) is 44.6 Å². The van der Waals surface area contributed by atoms with E-state index >= 15 is 0 Å². The van der Waals surface area contributed by atoms with Crippen LogP contribution in [-0.4, -0.2) is 29.1 Å². The van der Waals surface area contributed by atoms with E-state index < -0.39 is 0 Å². The molecular formula is C44H28N6. The molecule has 4 heterocycles. The molecule has 0 aliphatic heterocycles. The Labute approximate surface area is 287 Å². The molecule has 0 saturated carbocycles. The summed E-state index contributed by atoms with van der Waals surface area (Å²) in [6.45, 7) is 0. The van der Waals surface area contributed by atoms with Crippen molar-refractivity contribution in [3.8, 4) is 45.5 Å². The van der Waals surface area contributed by atoms with Crippen molar-refractivity contribution in [2.75, 3.05) is 0 Å². The molecule has 10 aromatic rings. The number of fused-ring (bicyclic) bond motifs is 6. The second-order valence-electron chi connectivity index (χ2n) is 12.4. The fourth-order valence-electron chi connectivity index (χ4n) is 7.17. The molecule has 10 rings (SSSR count). The summed E-state index contributed by atoms with van der Waals surface area (Å²) in [6.07, 6.45) is 3.82. The average molecular weight is 641 g/mol. The first-order chi connectivity index (χ1) is 24.8. The average Bonchev–Trinajstić information content (AvgIpc) is 3.71. The molecule has 0 saturated heterocycles. The summed E-state index contributed by atoms with van der Waals surface area (Å²) in [7, 11) is 0. The monoisotopic (exact) mass is 640 g/mol. The molecule has 4 aromatic heterocycles. The van der Waals surface area contributed by atoms with Crippen LogP contribution >= 0.6 is 0 Å². The number of hydrogen-bond donors (Lipinski definition) is 0. The minimum Gasteiger partial charge on any atom is -0.308 e. The number of aromatic nitrogens is 6. The lowest BCUT2D eigenvalue weighted by atomic mass is 10.0. The summed E-state index contributed by atoms with van der Waals surface area (Å²) in [5.41, 5.74) is 9.57. The summed E-state index contributed by atoms with van der Waals surface area (Å²) >= 11 is 0. The van der Waals surface area contributed by atoms with Crippen LogP contribution in [0.1, 0.15) is 0 Å². The Morgan fingerprint density at radius 3 is 1.68 bits per heavy atom. The van der Waals surface area contributed by atoms with Crippen molar-refractivity contribution in [3.63, 3.8) is 0 Å². The van der Waals surface area contributed by atoms with Gasteiger partial charge in [0.2, 0.25) is 5.95 Å². The minimum absolute atomic E-state index is 0.582. The third-order valence-corrected chi connectivity index (χ3v) is 9.48. The first kappa shape index (κ1) is 28.1. The van der Waals surface area contributed by atoms with Gasteiger partial charge < -0.3 is 4.57 Å². The molecular weight excluding hydrogens is 613 g/mol. The zero-order chi connectivity index (χ0) is 33.0. The van der Waals surface area contributed by atoms with Crippen LogP contribution in [0.3, 0.4) is 0 Å². The Hall–Kier alpha value is -6.92. The number of pyridine rings is 1. The Balaban J connectivity index is 1.18. The second-order valence-corrected chi connectivity index (χ2v) is 12.4. The van der Waals surface area contributed by atoms with Crippen LogP contribution in [0.4, 0.5) is 0 Å². The number of nitrogens with zero attached hydrogens (tertiary/aromatic N) is 6. The lowest BCUT2D eigenvalue weighted by Crippen LogP contribution is -2.06. The van der Waals surface area contributed by atoms with Gasteiger partial charge in [0.15, 0.2) is 11.6 Å². The first-order valence-electron chi connectivity index (χ1n) is 16.6. The molecule has 0 amide bonds. The Morgan fingerprint density at radius 1 is 0.360 bits per heavy atom. The van der Waals surface area contributed by atoms with Gasteiger partial charge in [-0.3, -0.25) is 9.55 Å². The number of para-hydroxylation sites is 2. The minimum atomic E-state index is 0.582. The molecule has 0 aliphatic carbocycles. The fourth-order valence-corrected chi connectivity index (χ4v) is 7.17. The van der Waals surface area contributed by atoms with Crippen molar-refractivity contribution < 1.29 is 0 Å². The summed E-state index contributed by atoms with van der Waals surface area (Å²) in [5.74, 6) is 1.85. The van der Waals surface area contributed by atoms with Crippen molar-refractivity contribution >= 4 is 43.6 Å². The molecule has 0 unspecified atom stereocenters.